The zero-order chi connectivity index (χ0) is 12.1. The van der Waals surface area contributed by atoms with E-state index in [1.165, 1.54) is 42.5 Å². The number of benzene rings is 1. The van der Waals surface area contributed by atoms with E-state index in [4.69, 9.17) is 0 Å². The van der Waals surface area contributed by atoms with Gasteiger partial charge in [-0.25, -0.2) is 0 Å². The van der Waals surface area contributed by atoms with Crippen molar-refractivity contribution in [1.29, 1.82) is 0 Å². The van der Waals surface area contributed by atoms with Gasteiger partial charge in [-0.05, 0) is 48.8 Å². The highest BCUT2D eigenvalue weighted by atomic mass is 14.7. The Bertz CT molecular complexity index is 393. The number of rotatable bonds is 5. The zero-order valence-electron chi connectivity index (χ0n) is 11.1. The minimum Gasteiger partial charge on any atom is -0.261 e. The summed E-state index contributed by atoms with van der Waals surface area (Å²) in [5.74, 6) is 0.847. The molecule has 1 aliphatic rings. The highest BCUT2D eigenvalue weighted by Gasteiger charge is 2.07. The standard InChI is InChI=1S/C16H23N/c1-3-5-13(2)7-8-14-9-10-15-6-4-11-17-16(15)12-14/h9-13H,3-8H2,1-2H3. The smallest absolute Gasteiger partial charge is 0.0660 e. The number of hydrogen-bond acceptors (Lipinski definition) is 1. The molecule has 1 aliphatic heterocycles. The number of nitrogens with zero attached hydrogens (tertiary/aromatic N) is 1. The summed E-state index contributed by atoms with van der Waals surface area (Å²) in [6, 6.07) is 6.84. The molecule has 0 amide bonds. The molecule has 0 aliphatic carbocycles. The molecule has 1 heterocycles. The number of aryl methyl sites for hydroxylation is 2. The van der Waals surface area contributed by atoms with E-state index in [1.54, 1.807) is 0 Å². The first-order chi connectivity index (χ1) is 8.29. The maximum absolute atomic E-state index is 4.49. The Balaban J connectivity index is 1.96. The predicted molar refractivity (Wildman–Crippen MR) is 75.3 cm³/mol. The van der Waals surface area contributed by atoms with Gasteiger partial charge in [0.2, 0.25) is 0 Å². The molecule has 1 unspecified atom stereocenters. The summed E-state index contributed by atoms with van der Waals surface area (Å²) in [5.41, 5.74) is 4.07. The second-order valence-electron chi connectivity index (χ2n) is 5.25. The molecule has 17 heavy (non-hydrogen) atoms. The maximum atomic E-state index is 4.49. The third kappa shape index (κ3) is 3.42. The summed E-state index contributed by atoms with van der Waals surface area (Å²) in [6.45, 7) is 4.63. The molecule has 0 radical (unpaired) electrons. The van der Waals surface area contributed by atoms with E-state index in [0.29, 0.717) is 0 Å². The Labute approximate surface area is 105 Å². The molecule has 0 spiro atoms. The molecule has 1 atom stereocenters. The fraction of sp³-hybridized carbons (Fsp3) is 0.562. The number of hydrogen-bond donors (Lipinski definition) is 0. The van der Waals surface area contributed by atoms with E-state index in [9.17, 15) is 0 Å². The molecule has 0 saturated carbocycles. The average Bonchev–Trinajstić information content (AvgIpc) is 2.36. The van der Waals surface area contributed by atoms with Crippen LogP contribution >= 0.6 is 0 Å². The van der Waals surface area contributed by atoms with Gasteiger partial charge in [-0.1, -0.05) is 38.8 Å². The van der Waals surface area contributed by atoms with Gasteiger partial charge in [-0.2, -0.15) is 0 Å². The third-order valence-electron chi connectivity index (χ3n) is 3.63. The minimum atomic E-state index is 0.847. The van der Waals surface area contributed by atoms with Gasteiger partial charge in [0.05, 0.1) is 5.69 Å². The van der Waals surface area contributed by atoms with Crippen molar-refractivity contribution in [3.63, 3.8) is 0 Å². The van der Waals surface area contributed by atoms with Gasteiger partial charge in [-0.15, -0.1) is 0 Å². The topological polar surface area (TPSA) is 12.4 Å². The predicted octanol–water partition coefficient (Wildman–Crippen LogP) is 4.70. The summed E-state index contributed by atoms with van der Waals surface area (Å²) in [4.78, 5) is 4.49. The Hall–Kier alpha value is -1.11. The van der Waals surface area contributed by atoms with E-state index in [-0.39, 0.29) is 0 Å². The van der Waals surface area contributed by atoms with Crippen LogP contribution in [-0.4, -0.2) is 6.21 Å². The minimum absolute atomic E-state index is 0.847. The van der Waals surface area contributed by atoms with Gasteiger partial charge < -0.3 is 0 Å². The third-order valence-corrected chi connectivity index (χ3v) is 3.63. The summed E-state index contributed by atoms with van der Waals surface area (Å²) < 4.78 is 0. The van der Waals surface area contributed by atoms with Gasteiger partial charge in [-0.3, -0.25) is 4.99 Å². The quantitative estimate of drug-likeness (QED) is 0.693. The van der Waals surface area contributed by atoms with Gasteiger partial charge in [0.1, 0.15) is 0 Å². The molecule has 1 nitrogen and oxygen atoms in total. The Morgan fingerprint density at radius 3 is 3.00 bits per heavy atom. The van der Waals surface area contributed by atoms with Crippen molar-refractivity contribution in [2.24, 2.45) is 10.9 Å². The average molecular weight is 229 g/mol. The van der Waals surface area contributed by atoms with Crippen LogP contribution in [0.1, 0.15) is 50.7 Å². The highest BCUT2D eigenvalue weighted by Crippen LogP contribution is 2.26. The van der Waals surface area contributed by atoms with E-state index >= 15 is 0 Å². The van der Waals surface area contributed by atoms with Crippen LogP contribution in [0.4, 0.5) is 5.69 Å². The van der Waals surface area contributed by atoms with Crippen molar-refractivity contribution in [3.05, 3.63) is 29.3 Å². The van der Waals surface area contributed by atoms with E-state index in [0.717, 1.165) is 18.8 Å². The monoisotopic (exact) mass is 229 g/mol. The number of aliphatic imine (C=N–C) groups is 1. The molecule has 1 heteroatoms. The summed E-state index contributed by atoms with van der Waals surface area (Å²) >= 11 is 0. The Kier molecular flexibility index (Phi) is 4.36. The van der Waals surface area contributed by atoms with Crippen LogP contribution in [0.25, 0.3) is 0 Å². The molecular weight excluding hydrogens is 206 g/mol. The van der Waals surface area contributed by atoms with Crippen LogP contribution < -0.4 is 0 Å². The molecule has 0 aromatic heterocycles. The van der Waals surface area contributed by atoms with Gasteiger partial charge in [0.15, 0.2) is 0 Å². The molecular formula is C16H23N. The first-order valence-electron chi connectivity index (χ1n) is 6.94. The summed E-state index contributed by atoms with van der Waals surface area (Å²) in [5, 5.41) is 0. The molecule has 1 aromatic carbocycles. The molecule has 2 rings (SSSR count). The van der Waals surface area contributed by atoms with Gasteiger partial charge in [0, 0.05) is 6.21 Å². The van der Waals surface area contributed by atoms with Crippen molar-refractivity contribution in [2.75, 3.05) is 0 Å². The van der Waals surface area contributed by atoms with Crippen molar-refractivity contribution < 1.29 is 0 Å². The first-order valence-corrected chi connectivity index (χ1v) is 6.94. The van der Waals surface area contributed by atoms with Crippen LogP contribution in [0.3, 0.4) is 0 Å². The molecule has 0 N–H and O–H groups in total. The van der Waals surface area contributed by atoms with Crippen molar-refractivity contribution in [1.82, 2.24) is 0 Å². The van der Waals surface area contributed by atoms with Crippen molar-refractivity contribution >= 4 is 11.9 Å². The molecule has 0 fully saturated rings. The highest BCUT2D eigenvalue weighted by molar-refractivity contribution is 5.69. The largest absolute Gasteiger partial charge is 0.261 e. The summed E-state index contributed by atoms with van der Waals surface area (Å²) in [6.07, 6.45) is 9.45. The SMILES string of the molecule is CCCC(C)CCc1ccc2c(c1)N=CCC2. The van der Waals surface area contributed by atoms with Crippen LogP contribution in [0.2, 0.25) is 0 Å². The van der Waals surface area contributed by atoms with Crippen LogP contribution in [0, 0.1) is 5.92 Å². The van der Waals surface area contributed by atoms with Crippen molar-refractivity contribution in [3.8, 4) is 0 Å². The fourth-order valence-electron chi connectivity index (χ4n) is 2.53. The van der Waals surface area contributed by atoms with Crippen molar-refractivity contribution in [2.45, 2.75) is 52.4 Å². The Morgan fingerprint density at radius 1 is 1.29 bits per heavy atom. The van der Waals surface area contributed by atoms with Crippen LogP contribution in [0.5, 0.6) is 0 Å². The lowest BCUT2D eigenvalue weighted by Gasteiger charge is -2.13. The maximum Gasteiger partial charge on any atom is 0.0660 e. The molecule has 0 saturated heterocycles. The second kappa shape index (κ2) is 6.00. The summed E-state index contributed by atoms with van der Waals surface area (Å²) in [7, 11) is 0. The van der Waals surface area contributed by atoms with E-state index < -0.39 is 0 Å². The lowest BCUT2D eigenvalue weighted by molar-refractivity contribution is 0.486. The van der Waals surface area contributed by atoms with Gasteiger partial charge in [0.25, 0.3) is 0 Å². The normalized spacial score (nSPS) is 15.6. The fourth-order valence-corrected chi connectivity index (χ4v) is 2.53. The van der Waals surface area contributed by atoms with Crippen LogP contribution in [0.15, 0.2) is 23.2 Å². The molecule has 0 bridgehead atoms. The van der Waals surface area contributed by atoms with Crippen LogP contribution in [-0.2, 0) is 12.8 Å². The number of fused-ring (bicyclic) bond motifs is 1. The van der Waals surface area contributed by atoms with Gasteiger partial charge >= 0.3 is 0 Å². The lowest BCUT2D eigenvalue weighted by atomic mass is 9.95. The molecule has 92 valence electrons. The zero-order valence-corrected chi connectivity index (χ0v) is 11.1. The van der Waals surface area contributed by atoms with E-state index in [1.807, 2.05) is 6.21 Å². The second-order valence-corrected chi connectivity index (χ2v) is 5.25. The first kappa shape index (κ1) is 12.3. The molecule has 1 aromatic rings. The van der Waals surface area contributed by atoms with E-state index in [2.05, 4.69) is 37.0 Å². The Morgan fingerprint density at radius 2 is 2.18 bits per heavy atom. The lowest BCUT2D eigenvalue weighted by Crippen LogP contribution is -1.98.